The molecular formula is C15H22N2O. The number of hydrogen-bond donors (Lipinski definition) is 1. The van der Waals surface area contributed by atoms with Crippen LogP contribution in [0.15, 0.2) is 6.07 Å². The smallest absolute Gasteiger partial charge is 0.232 e. The Morgan fingerprint density at radius 2 is 1.67 bits per heavy atom. The van der Waals surface area contributed by atoms with Gasteiger partial charge in [0.2, 0.25) is 5.91 Å². The van der Waals surface area contributed by atoms with Gasteiger partial charge in [-0.3, -0.25) is 4.79 Å². The van der Waals surface area contributed by atoms with Crippen molar-refractivity contribution in [3.63, 3.8) is 0 Å². The third kappa shape index (κ3) is 2.03. The number of carbonyl (C=O) groups excluding carboxylic acids is 1. The molecule has 1 amide bonds. The van der Waals surface area contributed by atoms with Gasteiger partial charge in [-0.25, -0.2) is 0 Å². The minimum absolute atomic E-state index is 0.148. The number of nitrogens with zero attached hydrogens (tertiary/aromatic N) is 1. The summed E-state index contributed by atoms with van der Waals surface area (Å²) in [6.07, 6.45) is 0. The Balaban J connectivity index is 2.40. The number of anilines is 1. The van der Waals surface area contributed by atoms with E-state index in [1.165, 1.54) is 22.3 Å². The molecule has 1 aliphatic heterocycles. The van der Waals surface area contributed by atoms with E-state index in [1.54, 1.807) is 0 Å². The van der Waals surface area contributed by atoms with Crippen LogP contribution in [-0.4, -0.2) is 26.0 Å². The molecule has 1 aliphatic rings. The number of aryl methyl sites for hydroxylation is 2. The first-order valence-electron chi connectivity index (χ1n) is 6.49. The van der Waals surface area contributed by atoms with Gasteiger partial charge in [0.25, 0.3) is 0 Å². The van der Waals surface area contributed by atoms with Gasteiger partial charge in [0.1, 0.15) is 0 Å². The van der Waals surface area contributed by atoms with Crippen LogP contribution in [0.2, 0.25) is 0 Å². The van der Waals surface area contributed by atoms with Gasteiger partial charge in [-0.2, -0.15) is 0 Å². The molecule has 0 aliphatic carbocycles. The lowest BCUT2D eigenvalue weighted by atomic mass is 9.96. The predicted octanol–water partition coefficient (Wildman–Crippen LogP) is 2.10. The molecule has 1 aromatic rings. The van der Waals surface area contributed by atoms with Crippen molar-refractivity contribution < 1.29 is 4.79 Å². The summed E-state index contributed by atoms with van der Waals surface area (Å²) in [4.78, 5) is 14.2. The van der Waals surface area contributed by atoms with Crippen LogP contribution in [0.4, 0.5) is 5.69 Å². The average molecular weight is 246 g/mol. The highest BCUT2D eigenvalue weighted by Gasteiger charge is 2.29. The molecule has 2 rings (SSSR count). The number of carbonyl (C=O) groups is 1. The summed E-state index contributed by atoms with van der Waals surface area (Å²) >= 11 is 0. The lowest BCUT2D eigenvalue weighted by Gasteiger charge is -2.32. The van der Waals surface area contributed by atoms with Gasteiger partial charge in [-0.15, -0.1) is 0 Å². The first kappa shape index (κ1) is 13.1. The van der Waals surface area contributed by atoms with Gasteiger partial charge in [0.05, 0.1) is 5.92 Å². The Labute approximate surface area is 109 Å². The van der Waals surface area contributed by atoms with Crippen molar-refractivity contribution in [2.24, 2.45) is 5.92 Å². The average Bonchev–Trinajstić information content (AvgIpc) is 2.24. The zero-order valence-corrected chi connectivity index (χ0v) is 11.9. The molecule has 1 fully saturated rings. The van der Waals surface area contributed by atoms with Crippen molar-refractivity contribution in [2.45, 2.75) is 27.7 Å². The maximum atomic E-state index is 12.3. The minimum atomic E-state index is 0.148. The first-order chi connectivity index (χ1) is 8.43. The molecule has 0 saturated carbocycles. The van der Waals surface area contributed by atoms with Gasteiger partial charge < -0.3 is 10.2 Å². The van der Waals surface area contributed by atoms with Crippen LogP contribution < -0.4 is 10.2 Å². The maximum Gasteiger partial charge on any atom is 0.232 e. The Kier molecular flexibility index (Phi) is 3.44. The molecule has 0 spiro atoms. The topological polar surface area (TPSA) is 32.3 Å². The van der Waals surface area contributed by atoms with E-state index in [1.807, 2.05) is 11.9 Å². The summed E-state index contributed by atoms with van der Waals surface area (Å²) in [6, 6.07) is 2.19. The molecule has 1 aromatic carbocycles. The first-order valence-corrected chi connectivity index (χ1v) is 6.49. The molecule has 1 saturated heterocycles. The summed E-state index contributed by atoms with van der Waals surface area (Å²) in [5, 5.41) is 3.15. The number of nitrogens with one attached hydrogen (secondary N) is 1. The second-order valence-electron chi connectivity index (χ2n) is 5.36. The quantitative estimate of drug-likeness (QED) is 0.866. The second-order valence-corrected chi connectivity index (χ2v) is 5.36. The number of rotatable bonds is 2. The predicted molar refractivity (Wildman–Crippen MR) is 75.2 cm³/mol. The van der Waals surface area contributed by atoms with Gasteiger partial charge >= 0.3 is 0 Å². The summed E-state index contributed by atoms with van der Waals surface area (Å²) in [6.45, 7) is 10.0. The fourth-order valence-corrected chi connectivity index (χ4v) is 2.55. The van der Waals surface area contributed by atoms with Crippen molar-refractivity contribution in [3.8, 4) is 0 Å². The van der Waals surface area contributed by atoms with Crippen LogP contribution in [0, 0.1) is 33.6 Å². The third-order valence-electron chi connectivity index (χ3n) is 4.12. The molecule has 0 bridgehead atoms. The molecule has 3 heteroatoms. The van der Waals surface area contributed by atoms with Crippen LogP contribution in [-0.2, 0) is 4.79 Å². The largest absolute Gasteiger partial charge is 0.315 e. The van der Waals surface area contributed by atoms with E-state index in [9.17, 15) is 4.79 Å². The highest BCUT2D eigenvalue weighted by atomic mass is 16.2. The molecule has 0 unspecified atom stereocenters. The monoisotopic (exact) mass is 246 g/mol. The van der Waals surface area contributed by atoms with Gasteiger partial charge in [-0.05, 0) is 49.9 Å². The highest BCUT2D eigenvalue weighted by Crippen LogP contribution is 2.30. The second kappa shape index (κ2) is 4.73. The highest BCUT2D eigenvalue weighted by molar-refractivity contribution is 5.97. The summed E-state index contributed by atoms with van der Waals surface area (Å²) in [5.74, 6) is 0.375. The van der Waals surface area contributed by atoms with E-state index in [-0.39, 0.29) is 11.8 Å². The third-order valence-corrected chi connectivity index (χ3v) is 4.12. The number of hydrogen-bond acceptors (Lipinski definition) is 2. The van der Waals surface area contributed by atoms with E-state index < -0.39 is 0 Å². The lowest BCUT2D eigenvalue weighted by Crippen LogP contribution is -2.51. The van der Waals surface area contributed by atoms with Crippen LogP contribution >= 0.6 is 0 Å². The fourth-order valence-electron chi connectivity index (χ4n) is 2.55. The standard InChI is InChI=1S/C15H22N2O/c1-9-6-10(2)12(4)14(11(9)3)17(5)15(18)13-7-16-8-13/h6,13,16H,7-8H2,1-5H3. The molecule has 3 nitrogen and oxygen atoms in total. The van der Waals surface area contributed by atoms with Crippen molar-refractivity contribution in [3.05, 3.63) is 28.3 Å². The van der Waals surface area contributed by atoms with Gasteiger partial charge in [0.15, 0.2) is 0 Å². The zero-order chi connectivity index (χ0) is 13.4. The molecule has 1 N–H and O–H groups in total. The lowest BCUT2D eigenvalue weighted by molar-refractivity contribution is -0.123. The summed E-state index contributed by atoms with van der Waals surface area (Å²) in [7, 11) is 1.90. The van der Waals surface area contributed by atoms with E-state index in [0.29, 0.717) is 0 Å². The van der Waals surface area contributed by atoms with Gasteiger partial charge in [0, 0.05) is 25.8 Å². The van der Waals surface area contributed by atoms with Gasteiger partial charge in [-0.1, -0.05) is 6.07 Å². The maximum absolute atomic E-state index is 12.3. The normalized spacial score (nSPS) is 15.4. The SMILES string of the molecule is Cc1cc(C)c(C)c(N(C)C(=O)C2CNC2)c1C. The zero-order valence-electron chi connectivity index (χ0n) is 11.9. The molecular weight excluding hydrogens is 224 g/mol. The molecule has 0 radical (unpaired) electrons. The van der Waals surface area contributed by atoms with E-state index in [0.717, 1.165) is 18.8 Å². The van der Waals surface area contributed by atoms with Crippen LogP contribution in [0.5, 0.6) is 0 Å². The van der Waals surface area contributed by atoms with E-state index in [2.05, 4.69) is 39.1 Å². The van der Waals surface area contributed by atoms with Crippen molar-refractivity contribution in [2.75, 3.05) is 25.0 Å². The molecule has 0 aromatic heterocycles. The number of benzene rings is 1. The van der Waals surface area contributed by atoms with Crippen LogP contribution in [0.1, 0.15) is 22.3 Å². The Morgan fingerprint density at radius 3 is 2.06 bits per heavy atom. The van der Waals surface area contributed by atoms with Crippen LogP contribution in [0.3, 0.4) is 0 Å². The van der Waals surface area contributed by atoms with Crippen molar-refractivity contribution in [1.29, 1.82) is 0 Å². The minimum Gasteiger partial charge on any atom is -0.315 e. The van der Waals surface area contributed by atoms with Crippen molar-refractivity contribution >= 4 is 11.6 Å². The summed E-state index contributed by atoms with van der Waals surface area (Å²) < 4.78 is 0. The fraction of sp³-hybridized carbons (Fsp3) is 0.533. The van der Waals surface area contributed by atoms with Crippen molar-refractivity contribution in [1.82, 2.24) is 5.32 Å². The van der Waals surface area contributed by atoms with E-state index in [4.69, 9.17) is 0 Å². The Hall–Kier alpha value is -1.35. The molecule has 98 valence electrons. The molecule has 0 atom stereocenters. The Morgan fingerprint density at radius 1 is 1.17 bits per heavy atom. The van der Waals surface area contributed by atoms with Crippen LogP contribution in [0.25, 0.3) is 0 Å². The Bertz CT molecular complexity index is 464. The van der Waals surface area contributed by atoms with E-state index >= 15 is 0 Å². The number of amides is 1. The molecule has 18 heavy (non-hydrogen) atoms. The molecule has 1 heterocycles. The summed E-state index contributed by atoms with van der Waals surface area (Å²) in [5.41, 5.74) is 6.01.